The molecular weight excluding hydrogens is 242 g/mol. The van der Waals surface area contributed by atoms with Crippen molar-refractivity contribution < 1.29 is 10.3 Å². The van der Waals surface area contributed by atoms with Crippen molar-refractivity contribution in [3.63, 3.8) is 0 Å². The Morgan fingerprint density at radius 1 is 1.53 bits per heavy atom. The number of aryl methyl sites for hydroxylation is 1. The summed E-state index contributed by atoms with van der Waals surface area (Å²) in [7, 11) is 0. The summed E-state index contributed by atoms with van der Waals surface area (Å²) < 4.78 is 0. The molecule has 4 N–H and O–H groups in total. The first kappa shape index (κ1) is 13.7. The maximum absolute atomic E-state index is 9.67. The Morgan fingerprint density at radius 3 is 2.84 bits per heavy atom. The Balaban J connectivity index is 2.30. The number of nitrogens with two attached hydrogens (primary N) is 1. The minimum absolute atomic E-state index is 0.124. The number of hydrogen-bond donors (Lipinski definition) is 3. The number of anilines is 1. The molecule has 0 amide bonds. The molecule has 104 valence electrons. The van der Waals surface area contributed by atoms with Gasteiger partial charge in [-0.2, -0.15) is 0 Å². The number of benzene rings is 1. The molecular formula is C14H21N3O2. The summed E-state index contributed by atoms with van der Waals surface area (Å²) in [6.45, 7) is 5.48. The molecule has 1 heterocycles. The normalized spacial score (nSPS) is 21.7. The lowest BCUT2D eigenvalue weighted by Gasteiger charge is -2.22. The summed E-state index contributed by atoms with van der Waals surface area (Å²) in [5.74, 6) is 0.403. The molecule has 5 nitrogen and oxygen atoms in total. The van der Waals surface area contributed by atoms with Gasteiger partial charge in [0.25, 0.3) is 0 Å². The molecule has 0 radical (unpaired) electrons. The van der Waals surface area contributed by atoms with Crippen LogP contribution in [0.4, 0.5) is 5.69 Å². The van der Waals surface area contributed by atoms with Gasteiger partial charge in [-0.3, -0.25) is 0 Å². The SMILES string of the molecule is Cc1ccc(N2CCC(C(C)O)C2)c(/C(N)=N/O)c1. The lowest BCUT2D eigenvalue weighted by atomic mass is 10.0. The third-order valence-corrected chi connectivity index (χ3v) is 3.78. The number of nitrogens with zero attached hydrogens (tertiary/aromatic N) is 2. The van der Waals surface area contributed by atoms with Crippen LogP contribution < -0.4 is 10.6 Å². The highest BCUT2D eigenvalue weighted by Crippen LogP contribution is 2.29. The van der Waals surface area contributed by atoms with Crippen molar-refractivity contribution >= 4 is 11.5 Å². The highest BCUT2D eigenvalue weighted by molar-refractivity contribution is 6.02. The number of oxime groups is 1. The highest BCUT2D eigenvalue weighted by Gasteiger charge is 2.27. The van der Waals surface area contributed by atoms with E-state index < -0.39 is 0 Å². The second-order valence-corrected chi connectivity index (χ2v) is 5.24. The van der Waals surface area contributed by atoms with E-state index in [9.17, 15) is 5.11 Å². The van der Waals surface area contributed by atoms with Crippen molar-refractivity contribution in [3.05, 3.63) is 29.3 Å². The lowest BCUT2D eigenvalue weighted by molar-refractivity contribution is 0.136. The summed E-state index contributed by atoms with van der Waals surface area (Å²) in [6.07, 6.45) is 0.656. The molecule has 0 saturated carbocycles. The predicted octanol–water partition coefficient (Wildman–Crippen LogP) is 1.30. The smallest absolute Gasteiger partial charge is 0.172 e. The zero-order chi connectivity index (χ0) is 14.0. The molecule has 19 heavy (non-hydrogen) atoms. The van der Waals surface area contributed by atoms with Crippen molar-refractivity contribution in [1.82, 2.24) is 0 Å². The molecule has 1 fully saturated rings. The van der Waals surface area contributed by atoms with Crippen LogP contribution in [0.25, 0.3) is 0 Å². The van der Waals surface area contributed by atoms with Crippen molar-refractivity contribution in [1.29, 1.82) is 0 Å². The molecule has 0 aliphatic carbocycles. The van der Waals surface area contributed by atoms with E-state index in [0.717, 1.165) is 36.3 Å². The van der Waals surface area contributed by atoms with Crippen LogP contribution in [0.5, 0.6) is 0 Å². The maximum Gasteiger partial charge on any atom is 0.172 e. The Hall–Kier alpha value is -1.75. The topological polar surface area (TPSA) is 82.1 Å². The van der Waals surface area contributed by atoms with Crippen LogP contribution in [-0.2, 0) is 0 Å². The number of hydrogen-bond acceptors (Lipinski definition) is 4. The molecule has 0 bridgehead atoms. The van der Waals surface area contributed by atoms with Crippen LogP contribution in [0.2, 0.25) is 0 Å². The van der Waals surface area contributed by atoms with Crippen LogP contribution in [0.15, 0.2) is 23.4 Å². The fraction of sp³-hybridized carbons (Fsp3) is 0.500. The van der Waals surface area contributed by atoms with Gasteiger partial charge in [-0.25, -0.2) is 0 Å². The summed E-state index contributed by atoms with van der Waals surface area (Å²) >= 11 is 0. The molecule has 1 aromatic rings. The molecule has 1 aliphatic heterocycles. The second kappa shape index (κ2) is 5.48. The van der Waals surface area contributed by atoms with E-state index >= 15 is 0 Å². The Kier molecular flexibility index (Phi) is 3.95. The van der Waals surface area contributed by atoms with Crippen molar-refractivity contribution in [3.8, 4) is 0 Å². The van der Waals surface area contributed by atoms with Gasteiger partial charge in [0.1, 0.15) is 0 Å². The number of rotatable bonds is 3. The molecule has 0 aromatic heterocycles. The molecule has 0 spiro atoms. The third-order valence-electron chi connectivity index (χ3n) is 3.78. The first-order valence-electron chi connectivity index (χ1n) is 6.54. The Labute approximate surface area is 113 Å². The summed E-state index contributed by atoms with van der Waals surface area (Å²) in [6, 6.07) is 5.92. The fourth-order valence-corrected chi connectivity index (χ4v) is 2.58. The second-order valence-electron chi connectivity index (χ2n) is 5.24. The van der Waals surface area contributed by atoms with Gasteiger partial charge >= 0.3 is 0 Å². The number of aliphatic hydroxyl groups is 1. The highest BCUT2D eigenvalue weighted by atomic mass is 16.4. The minimum Gasteiger partial charge on any atom is -0.409 e. The first-order valence-corrected chi connectivity index (χ1v) is 6.54. The third kappa shape index (κ3) is 2.81. The van der Waals surface area contributed by atoms with Gasteiger partial charge in [0.15, 0.2) is 5.84 Å². The van der Waals surface area contributed by atoms with E-state index in [0.29, 0.717) is 0 Å². The van der Waals surface area contributed by atoms with Crippen molar-refractivity contribution in [2.45, 2.75) is 26.4 Å². The number of amidine groups is 1. The lowest BCUT2D eigenvalue weighted by Crippen LogP contribution is -2.26. The molecule has 2 rings (SSSR count). The predicted molar refractivity (Wildman–Crippen MR) is 75.7 cm³/mol. The average Bonchev–Trinajstić information content (AvgIpc) is 2.87. The molecule has 2 atom stereocenters. The zero-order valence-electron chi connectivity index (χ0n) is 11.4. The molecule has 1 aromatic carbocycles. The van der Waals surface area contributed by atoms with Crippen molar-refractivity contribution in [2.75, 3.05) is 18.0 Å². The van der Waals surface area contributed by atoms with E-state index in [1.54, 1.807) is 0 Å². The molecule has 1 saturated heterocycles. The fourth-order valence-electron chi connectivity index (χ4n) is 2.58. The summed E-state index contributed by atoms with van der Waals surface area (Å²) in [5, 5.41) is 21.7. The van der Waals surface area contributed by atoms with Gasteiger partial charge in [-0.1, -0.05) is 16.8 Å². The first-order chi connectivity index (χ1) is 9.02. The van der Waals surface area contributed by atoms with Crippen LogP contribution in [0.1, 0.15) is 24.5 Å². The van der Waals surface area contributed by atoms with Crippen LogP contribution in [0.3, 0.4) is 0 Å². The van der Waals surface area contributed by atoms with E-state index in [2.05, 4.69) is 10.1 Å². The Morgan fingerprint density at radius 2 is 2.26 bits per heavy atom. The van der Waals surface area contributed by atoms with Gasteiger partial charge < -0.3 is 20.9 Å². The molecule has 2 unspecified atom stereocenters. The standard InChI is InChI=1S/C14H21N3O2/c1-9-3-4-13(12(7-9)14(15)16-19)17-6-5-11(8-17)10(2)18/h3-4,7,10-11,18-19H,5-6,8H2,1-2H3,(H2,15,16). The van der Waals surface area contributed by atoms with E-state index in [1.165, 1.54) is 0 Å². The van der Waals surface area contributed by atoms with Crippen LogP contribution in [0, 0.1) is 12.8 Å². The minimum atomic E-state index is -0.303. The largest absolute Gasteiger partial charge is 0.409 e. The Bertz CT molecular complexity index is 486. The molecule has 1 aliphatic rings. The average molecular weight is 263 g/mol. The van der Waals surface area contributed by atoms with Gasteiger partial charge in [-0.05, 0) is 32.4 Å². The van der Waals surface area contributed by atoms with Gasteiger partial charge in [0, 0.05) is 30.3 Å². The van der Waals surface area contributed by atoms with Crippen LogP contribution >= 0.6 is 0 Å². The number of aliphatic hydroxyl groups excluding tert-OH is 1. The van der Waals surface area contributed by atoms with Crippen molar-refractivity contribution in [2.24, 2.45) is 16.8 Å². The maximum atomic E-state index is 9.67. The van der Waals surface area contributed by atoms with E-state index in [-0.39, 0.29) is 17.9 Å². The zero-order valence-corrected chi connectivity index (χ0v) is 11.4. The van der Waals surface area contributed by atoms with Crippen LogP contribution in [-0.4, -0.2) is 35.3 Å². The van der Waals surface area contributed by atoms with E-state index in [4.69, 9.17) is 10.9 Å². The quantitative estimate of drug-likeness (QED) is 0.332. The van der Waals surface area contributed by atoms with Gasteiger partial charge in [-0.15, -0.1) is 0 Å². The summed E-state index contributed by atoms with van der Waals surface area (Å²) in [5.41, 5.74) is 8.52. The molecule has 5 heteroatoms. The van der Waals surface area contributed by atoms with Gasteiger partial charge in [0.2, 0.25) is 0 Å². The van der Waals surface area contributed by atoms with Gasteiger partial charge in [0.05, 0.1) is 6.10 Å². The van der Waals surface area contributed by atoms with E-state index in [1.807, 2.05) is 32.0 Å². The summed E-state index contributed by atoms with van der Waals surface area (Å²) in [4.78, 5) is 2.18. The monoisotopic (exact) mass is 263 g/mol.